The van der Waals surface area contributed by atoms with Crippen molar-refractivity contribution in [2.24, 2.45) is 13.0 Å². The van der Waals surface area contributed by atoms with E-state index in [1.54, 1.807) is 12.1 Å². The number of esters is 2. The Morgan fingerprint density at radius 2 is 1.96 bits per heavy atom. The highest BCUT2D eigenvalue weighted by molar-refractivity contribution is 9.10. The van der Waals surface area contributed by atoms with Crippen molar-refractivity contribution in [3.05, 3.63) is 64.3 Å². The van der Waals surface area contributed by atoms with E-state index in [2.05, 4.69) is 15.9 Å². The highest BCUT2D eigenvalue weighted by Gasteiger charge is 2.45. The second-order valence-electron chi connectivity index (χ2n) is 6.29. The first-order chi connectivity index (χ1) is 12.5. The average Bonchev–Trinajstić information content (AvgIpc) is 2.95. The van der Waals surface area contributed by atoms with Crippen LogP contribution in [0.5, 0.6) is 5.75 Å². The Bertz CT molecular complexity index is 1040. The quantitative estimate of drug-likeness (QED) is 0.364. The van der Waals surface area contributed by atoms with Crippen molar-refractivity contribution in [2.45, 2.75) is 5.92 Å². The summed E-state index contributed by atoms with van der Waals surface area (Å²) in [5.74, 6) is -2.22. The molecule has 0 saturated carbocycles. The van der Waals surface area contributed by atoms with Crippen LogP contribution in [-0.4, -0.2) is 23.6 Å². The lowest BCUT2D eigenvalue weighted by Crippen LogP contribution is -2.38. The minimum absolute atomic E-state index is 0.474. The summed E-state index contributed by atoms with van der Waals surface area (Å²) in [6.45, 7) is 0. The molecule has 0 aliphatic carbocycles. The lowest BCUT2D eigenvalue weighted by Gasteiger charge is -2.30. The second-order valence-corrected chi connectivity index (χ2v) is 7.21. The van der Waals surface area contributed by atoms with E-state index in [4.69, 9.17) is 9.47 Å². The highest BCUT2D eigenvalue weighted by Crippen LogP contribution is 2.45. The van der Waals surface area contributed by atoms with Gasteiger partial charge < -0.3 is 14.0 Å². The molecule has 0 spiro atoms. The van der Waals surface area contributed by atoms with E-state index in [1.807, 2.05) is 48.1 Å². The molecular weight excluding hydrogens is 398 g/mol. The van der Waals surface area contributed by atoms with Gasteiger partial charge in [0.25, 0.3) is 0 Å². The van der Waals surface area contributed by atoms with Gasteiger partial charge in [0.2, 0.25) is 0 Å². The Hall–Kier alpha value is -2.60. The van der Waals surface area contributed by atoms with E-state index in [0.717, 1.165) is 26.5 Å². The third kappa shape index (κ3) is 2.52. The summed E-state index contributed by atoms with van der Waals surface area (Å²) in [5, 5.41) is 0.977. The van der Waals surface area contributed by atoms with E-state index in [9.17, 15) is 9.59 Å². The van der Waals surface area contributed by atoms with E-state index >= 15 is 0 Å². The van der Waals surface area contributed by atoms with Gasteiger partial charge in [0.1, 0.15) is 5.75 Å². The largest absolute Gasteiger partial charge is 0.468 e. The highest BCUT2D eigenvalue weighted by atomic mass is 79.9. The first-order valence-corrected chi connectivity index (χ1v) is 8.93. The summed E-state index contributed by atoms with van der Waals surface area (Å²) in [6.07, 6.45) is 1.97. The molecular formula is C20H16BrNO4. The Morgan fingerprint density at radius 1 is 1.19 bits per heavy atom. The van der Waals surface area contributed by atoms with Gasteiger partial charge in [0, 0.05) is 40.1 Å². The summed E-state index contributed by atoms with van der Waals surface area (Å²) in [6, 6.07) is 13.3. The van der Waals surface area contributed by atoms with Crippen molar-refractivity contribution in [3.63, 3.8) is 0 Å². The van der Waals surface area contributed by atoms with Crippen LogP contribution in [0, 0.1) is 5.92 Å². The zero-order chi connectivity index (χ0) is 18.4. The van der Waals surface area contributed by atoms with E-state index in [-0.39, 0.29) is 0 Å². The minimum atomic E-state index is -1.04. The Morgan fingerprint density at radius 3 is 2.73 bits per heavy atom. The maximum absolute atomic E-state index is 12.6. The number of para-hydroxylation sites is 1. The van der Waals surface area contributed by atoms with Gasteiger partial charge in [-0.2, -0.15) is 0 Å². The molecule has 3 aromatic rings. The zero-order valence-corrected chi connectivity index (χ0v) is 15.8. The number of rotatable bonds is 2. The average molecular weight is 414 g/mol. The number of hydrogen-bond donors (Lipinski definition) is 0. The monoisotopic (exact) mass is 413 g/mol. The molecule has 5 nitrogen and oxygen atoms in total. The maximum atomic E-state index is 12.6. The van der Waals surface area contributed by atoms with Crippen LogP contribution in [0.15, 0.2) is 53.1 Å². The lowest BCUT2D eigenvalue weighted by molar-refractivity contribution is -0.157. The fourth-order valence-corrected chi connectivity index (χ4v) is 4.03. The molecule has 4 rings (SSSR count). The van der Waals surface area contributed by atoms with Gasteiger partial charge in [-0.1, -0.05) is 34.1 Å². The molecule has 2 atom stereocenters. The van der Waals surface area contributed by atoms with Crippen molar-refractivity contribution >= 4 is 38.8 Å². The fourth-order valence-electron chi connectivity index (χ4n) is 3.67. The summed E-state index contributed by atoms with van der Waals surface area (Å²) in [7, 11) is 3.23. The van der Waals surface area contributed by atoms with Gasteiger partial charge in [-0.05, 0) is 29.8 Å². The normalized spacial score (nSPS) is 19.1. The van der Waals surface area contributed by atoms with Crippen LogP contribution < -0.4 is 4.74 Å². The SMILES string of the molecule is COC(=O)[C@@H]1C(=O)Oc2ccccc2[C@H]1c1cn(C)c2ccc(Br)cc12. The molecule has 26 heavy (non-hydrogen) atoms. The number of aryl methyl sites for hydroxylation is 1. The van der Waals surface area contributed by atoms with Gasteiger partial charge in [-0.25, -0.2) is 0 Å². The maximum Gasteiger partial charge on any atom is 0.326 e. The number of carbonyl (C=O) groups is 2. The number of halogens is 1. The minimum Gasteiger partial charge on any atom is -0.468 e. The number of carbonyl (C=O) groups excluding carboxylic acids is 2. The molecule has 6 heteroatoms. The van der Waals surface area contributed by atoms with Gasteiger partial charge in [-0.15, -0.1) is 0 Å². The fraction of sp³-hybridized carbons (Fsp3) is 0.200. The van der Waals surface area contributed by atoms with Crippen molar-refractivity contribution in [3.8, 4) is 5.75 Å². The van der Waals surface area contributed by atoms with E-state index in [0.29, 0.717) is 5.75 Å². The van der Waals surface area contributed by atoms with Gasteiger partial charge in [-0.3, -0.25) is 9.59 Å². The van der Waals surface area contributed by atoms with Crippen LogP contribution in [0.25, 0.3) is 10.9 Å². The predicted octanol–water partition coefficient (Wildman–Crippen LogP) is 3.78. The molecule has 2 heterocycles. The first kappa shape index (κ1) is 16.8. The predicted molar refractivity (Wildman–Crippen MR) is 100 cm³/mol. The van der Waals surface area contributed by atoms with Crippen molar-refractivity contribution < 1.29 is 19.1 Å². The number of fused-ring (bicyclic) bond motifs is 2. The number of methoxy groups -OCH3 is 1. The number of nitrogens with zero attached hydrogens (tertiary/aromatic N) is 1. The van der Waals surface area contributed by atoms with Crippen molar-refractivity contribution in [1.82, 2.24) is 4.57 Å². The molecule has 132 valence electrons. The van der Waals surface area contributed by atoms with Gasteiger partial charge in [0.15, 0.2) is 5.92 Å². The van der Waals surface area contributed by atoms with E-state index < -0.39 is 23.8 Å². The first-order valence-electron chi connectivity index (χ1n) is 8.14. The van der Waals surface area contributed by atoms with Crippen LogP contribution in [-0.2, 0) is 21.4 Å². The van der Waals surface area contributed by atoms with Crippen molar-refractivity contribution in [1.29, 1.82) is 0 Å². The summed E-state index contributed by atoms with van der Waals surface area (Å²) < 4.78 is 13.2. The molecule has 0 fully saturated rings. The van der Waals surface area contributed by atoms with Gasteiger partial charge in [0.05, 0.1) is 7.11 Å². The molecule has 1 aliphatic heterocycles. The van der Waals surface area contributed by atoms with Crippen LogP contribution >= 0.6 is 15.9 Å². The summed E-state index contributed by atoms with van der Waals surface area (Å²) >= 11 is 3.51. The zero-order valence-electron chi connectivity index (χ0n) is 14.2. The van der Waals surface area contributed by atoms with E-state index in [1.165, 1.54) is 7.11 Å². The standard InChI is InChI=1S/C20H16BrNO4/c1-22-10-14(13-9-11(21)7-8-15(13)22)17-12-5-3-4-6-16(12)26-20(24)18(17)19(23)25-2/h3-10,17-18H,1-2H3/t17-,18+/m0/s1. The smallest absolute Gasteiger partial charge is 0.326 e. The molecule has 0 saturated heterocycles. The topological polar surface area (TPSA) is 57.5 Å². The number of hydrogen-bond acceptors (Lipinski definition) is 4. The molecule has 0 amide bonds. The Labute approximate surface area is 158 Å². The van der Waals surface area contributed by atoms with Crippen LogP contribution in [0.2, 0.25) is 0 Å². The summed E-state index contributed by atoms with van der Waals surface area (Å²) in [4.78, 5) is 25.1. The van der Waals surface area contributed by atoms with Crippen LogP contribution in [0.4, 0.5) is 0 Å². The molecule has 0 unspecified atom stereocenters. The molecule has 2 aromatic carbocycles. The van der Waals surface area contributed by atoms with Crippen LogP contribution in [0.1, 0.15) is 17.0 Å². The van der Waals surface area contributed by atoms with Crippen LogP contribution in [0.3, 0.4) is 0 Å². The number of aromatic nitrogens is 1. The Kier molecular flexibility index (Phi) is 4.07. The number of benzene rings is 2. The molecule has 1 aliphatic rings. The van der Waals surface area contributed by atoms with Gasteiger partial charge >= 0.3 is 11.9 Å². The molecule has 0 radical (unpaired) electrons. The third-order valence-electron chi connectivity index (χ3n) is 4.82. The molecule has 1 aromatic heterocycles. The number of ether oxygens (including phenoxy) is 2. The third-order valence-corrected chi connectivity index (χ3v) is 5.32. The second kappa shape index (κ2) is 6.29. The molecule has 0 bridgehead atoms. The molecule has 0 N–H and O–H groups in total. The van der Waals surface area contributed by atoms with Crippen molar-refractivity contribution in [2.75, 3.05) is 7.11 Å². The lowest BCUT2D eigenvalue weighted by atomic mass is 9.78. The summed E-state index contributed by atoms with van der Waals surface area (Å²) in [5.41, 5.74) is 2.71. The Balaban J connectivity index is 2.01.